The lowest BCUT2D eigenvalue weighted by Crippen LogP contribution is -2.15. The summed E-state index contributed by atoms with van der Waals surface area (Å²) < 4.78 is 0.987. The van der Waals surface area contributed by atoms with Crippen LogP contribution in [0.2, 0.25) is 5.02 Å². The zero-order chi connectivity index (χ0) is 11.4. The minimum atomic E-state index is -0.246. The SMILES string of the molecule is CC(C)C(O)CCc1ccc(Br)cc1Cl. The Morgan fingerprint density at radius 1 is 1.40 bits per heavy atom. The Morgan fingerprint density at radius 2 is 2.07 bits per heavy atom. The first-order chi connectivity index (χ1) is 7.00. The van der Waals surface area contributed by atoms with Gasteiger partial charge in [-0.2, -0.15) is 0 Å². The van der Waals surface area contributed by atoms with E-state index in [4.69, 9.17) is 11.6 Å². The van der Waals surface area contributed by atoms with Gasteiger partial charge in [0.05, 0.1) is 6.10 Å². The van der Waals surface area contributed by atoms with Gasteiger partial charge in [0.1, 0.15) is 0 Å². The molecule has 0 aliphatic carbocycles. The van der Waals surface area contributed by atoms with Crippen molar-refractivity contribution in [3.05, 3.63) is 33.3 Å². The summed E-state index contributed by atoms with van der Waals surface area (Å²) in [4.78, 5) is 0. The summed E-state index contributed by atoms with van der Waals surface area (Å²) >= 11 is 9.45. The highest BCUT2D eigenvalue weighted by Gasteiger charge is 2.10. The van der Waals surface area contributed by atoms with E-state index >= 15 is 0 Å². The van der Waals surface area contributed by atoms with Crippen LogP contribution in [-0.2, 0) is 6.42 Å². The highest BCUT2D eigenvalue weighted by atomic mass is 79.9. The summed E-state index contributed by atoms with van der Waals surface area (Å²) in [6.45, 7) is 4.04. The Hall–Kier alpha value is -0.0500. The average Bonchev–Trinajstić information content (AvgIpc) is 2.15. The zero-order valence-corrected chi connectivity index (χ0v) is 11.3. The molecule has 3 heteroatoms. The fraction of sp³-hybridized carbons (Fsp3) is 0.500. The Kier molecular flexibility index (Phi) is 5.10. The minimum Gasteiger partial charge on any atom is -0.393 e. The van der Waals surface area contributed by atoms with Crippen LogP contribution in [0.5, 0.6) is 0 Å². The first kappa shape index (κ1) is 13.0. The van der Waals surface area contributed by atoms with Crippen molar-refractivity contribution in [3.8, 4) is 0 Å². The molecule has 15 heavy (non-hydrogen) atoms. The molecule has 0 amide bonds. The van der Waals surface area contributed by atoms with Gasteiger partial charge >= 0.3 is 0 Å². The lowest BCUT2D eigenvalue weighted by molar-refractivity contribution is 0.116. The monoisotopic (exact) mass is 290 g/mol. The molecule has 0 heterocycles. The van der Waals surface area contributed by atoms with Crippen molar-refractivity contribution in [3.63, 3.8) is 0 Å². The summed E-state index contributed by atoms with van der Waals surface area (Å²) in [6.07, 6.45) is 1.34. The van der Waals surface area contributed by atoms with Gasteiger partial charge in [0, 0.05) is 9.50 Å². The highest BCUT2D eigenvalue weighted by molar-refractivity contribution is 9.10. The maximum absolute atomic E-state index is 9.68. The number of aliphatic hydroxyl groups excluding tert-OH is 1. The lowest BCUT2D eigenvalue weighted by Gasteiger charge is -2.14. The Morgan fingerprint density at radius 3 is 2.60 bits per heavy atom. The van der Waals surface area contributed by atoms with E-state index in [1.165, 1.54) is 0 Å². The number of hydrogen-bond acceptors (Lipinski definition) is 1. The predicted octanol–water partition coefficient (Wildman–Crippen LogP) is 4.05. The van der Waals surface area contributed by atoms with Crippen molar-refractivity contribution >= 4 is 27.5 Å². The van der Waals surface area contributed by atoms with Crippen molar-refractivity contribution in [2.75, 3.05) is 0 Å². The van der Waals surface area contributed by atoms with Gasteiger partial charge in [-0.1, -0.05) is 47.4 Å². The maximum atomic E-state index is 9.68. The second-order valence-electron chi connectivity index (χ2n) is 4.09. The molecule has 1 aromatic carbocycles. The second-order valence-corrected chi connectivity index (χ2v) is 5.41. The molecule has 1 nitrogen and oxygen atoms in total. The molecule has 0 aliphatic rings. The molecule has 1 aromatic rings. The third kappa shape index (κ3) is 4.13. The number of rotatable bonds is 4. The maximum Gasteiger partial charge on any atom is 0.0566 e. The van der Waals surface area contributed by atoms with Gasteiger partial charge in [0.25, 0.3) is 0 Å². The first-order valence-corrected chi connectivity index (χ1v) is 6.29. The molecule has 0 aromatic heterocycles. The fourth-order valence-corrected chi connectivity index (χ4v) is 2.13. The molecule has 0 saturated heterocycles. The molecular formula is C12H16BrClO. The molecule has 0 saturated carbocycles. The van der Waals surface area contributed by atoms with Crippen molar-refractivity contribution in [1.82, 2.24) is 0 Å². The van der Waals surface area contributed by atoms with Gasteiger partial charge in [-0.05, 0) is 36.5 Å². The molecule has 0 radical (unpaired) electrons. The third-order valence-corrected chi connectivity index (χ3v) is 3.34. The summed E-state index contributed by atoms with van der Waals surface area (Å²) in [7, 11) is 0. The van der Waals surface area contributed by atoms with Crippen molar-refractivity contribution in [1.29, 1.82) is 0 Å². The highest BCUT2D eigenvalue weighted by Crippen LogP contribution is 2.23. The van der Waals surface area contributed by atoms with E-state index < -0.39 is 0 Å². The van der Waals surface area contributed by atoms with Crippen LogP contribution in [0.25, 0.3) is 0 Å². The van der Waals surface area contributed by atoms with E-state index in [-0.39, 0.29) is 6.10 Å². The van der Waals surface area contributed by atoms with E-state index in [9.17, 15) is 5.11 Å². The average molecular weight is 292 g/mol. The van der Waals surface area contributed by atoms with Gasteiger partial charge in [0.15, 0.2) is 0 Å². The number of hydrogen-bond donors (Lipinski definition) is 1. The number of aryl methyl sites for hydroxylation is 1. The number of aliphatic hydroxyl groups is 1. The van der Waals surface area contributed by atoms with Crippen LogP contribution in [0.4, 0.5) is 0 Å². The van der Waals surface area contributed by atoms with E-state index in [0.717, 1.165) is 27.9 Å². The normalized spacial score (nSPS) is 13.2. The Balaban J connectivity index is 2.58. The molecule has 1 unspecified atom stereocenters. The molecule has 0 bridgehead atoms. The zero-order valence-electron chi connectivity index (χ0n) is 9.00. The molecule has 1 rings (SSSR count). The summed E-state index contributed by atoms with van der Waals surface area (Å²) in [5.74, 6) is 0.305. The van der Waals surface area contributed by atoms with Gasteiger partial charge in [-0.3, -0.25) is 0 Å². The van der Waals surface area contributed by atoms with E-state index in [2.05, 4.69) is 15.9 Å². The molecular weight excluding hydrogens is 275 g/mol. The van der Waals surface area contributed by atoms with Crippen LogP contribution in [-0.4, -0.2) is 11.2 Å². The van der Waals surface area contributed by atoms with Crippen LogP contribution >= 0.6 is 27.5 Å². The molecule has 84 valence electrons. The van der Waals surface area contributed by atoms with E-state index in [0.29, 0.717) is 5.92 Å². The van der Waals surface area contributed by atoms with Crippen LogP contribution < -0.4 is 0 Å². The van der Waals surface area contributed by atoms with E-state index in [1.807, 2.05) is 32.0 Å². The van der Waals surface area contributed by atoms with E-state index in [1.54, 1.807) is 0 Å². The molecule has 0 spiro atoms. The van der Waals surface area contributed by atoms with Crippen LogP contribution in [0.1, 0.15) is 25.8 Å². The van der Waals surface area contributed by atoms with Gasteiger partial charge < -0.3 is 5.11 Å². The molecule has 1 N–H and O–H groups in total. The van der Waals surface area contributed by atoms with Crippen molar-refractivity contribution in [2.45, 2.75) is 32.8 Å². The third-order valence-electron chi connectivity index (χ3n) is 2.49. The lowest BCUT2D eigenvalue weighted by atomic mass is 9.99. The first-order valence-electron chi connectivity index (χ1n) is 5.12. The summed E-state index contributed by atoms with van der Waals surface area (Å²) in [5.41, 5.74) is 1.10. The van der Waals surface area contributed by atoms with Crippen molar-refractivity contribution < 1.29 is 5.11 Å². The van der Waals surface area contributed by atoms with Crippen LogP contribution in [0, 0.1) is 5.92 Å². The predicted molar refractivity (Wildman–Crippen MR) is 68.3 cm³/mol. The topological polar surface area (TPSA) is 20.2 Å². The Labute approximate surface area is 105 Å². The van der Waals surface area contributed by atoms with Gasteiger partial charge in [-0.15, -0.1) is 0 Å². The number of benzene rings is 1. The van der Waals surface area contributed by atoms with Gasteiger partial charge in [-0.25, -0.2) is 0 Å². The summed E-state index contributed by atoms with van der Waals surface area (Å²) in [5, 5.41) is 10.4. The number of halogens is 2. The second kappa shape index (κ2) is 5.88. The molecule has 0 aliphatic heterocycles. The molecule has 0 fully saturated rings. The largest absolute Gasteiger partial charge is 0.393 e. The fourth-order valence-electron chi connectivity index (χ4n) is 1.36. The van der Waals surface area contributed by atoms with Crippen LogP contribution in [0.3, 0.4) is 0 Å². The minimum absolute atomic E-state index is 0.246. The van der Waals surface area contributed by atoms with Crippen LogP contribution in [0.15, 0.2) is 22.7 Å². The van der Waals surface area contributed by atoms with Gasteiger partial charge in [0.2, 0.25) is 0 Å². The quantitative estimate of drug-likeness (QED) is 0.887. The molecule has 1 atom stereocenters. The summed E-state index contributed by atoms with van der Waals surface area (Å²) in [6, 6.07) is 5.86. The smallest absolute Gasteiger partial charge is 0.0566 e. The standard InChI is InChI=1S/C12H16BrClO/c1-8(2)12(15)6-4-9-3-5-10(13)7-11(9)14/h3,5,7-8,12,15H,4,6H2,1-2H3. The van der Waals surface area contributed by atoms with Crippen molar-refractivity contribution in [2.24, 2.45) is 5.92 Å². The Bertz CT molecular complexity index is 325.